The van der Waals surface area contributed by atoms with E-state index in [9.17, 15) is 5.11 Å². The summed E-state index contributed by atoms with van der Waals surface area (Å²) >= 11 is 0. The molecule has 6 heteroatoms. The van der Waals surface area contributed by atoms with Crippen molar-refractivity contribution in [2.45, 2.75) is 105 Å². The average Bonchev–Trinajstić information content (AvgIpc) is 3.88. The minimum absolute atomic E-state index is 0. The summed E-state index contributed by atoms with van der Waals surface area (Å²) in [7, 11) is 0. The van der Waals surface area contributed by atoms with Gasteiger partial charge < -0.3 is 9.52 Å². The number of fused-ring (bicyclic) bond motifs is 6. The van der Waals surface area contributed by atoms with Gasteiger partial charge in [-0.3, -0.25) is 9.55 Å². The van der Waals surface area contributed by atoms with Crippen molar-refractivity contribution in [3.63, 3.8) is 0 Å². The van der Waals surface area contributed by atoms with Crippen LogP contribution in [0.1, 0.15) is 128 Å². The van der Waals surface area contributed by atoms with Gasteiger partial charge in [0.05, 0.1) is 22.3 Å². The second-order valence-corrected chi connectivity index (χ2v) is 20.7. The number of rotatable bonds is 9. The van der Waals surface area contributed by atoms with E-state index in [1.54, 1.807) is 0 Å². The minimum Gasteiger partial charge on any atom is -0.507 e. The van der Waals surface area contributed by atoms with E-state index in [1.807, 2.05) is 30.5 Å². The van der Waals surface area contributed by atoms with E-state index in [0.29, 0.717) is 28.8 Å². The molecule has 0 aliphatic carbocycles. The number of phenols is 1. The SMILES string of the molecule is CC(C)c1cccc(C(C)C)c1-c1ccnc(-c2[c-]c(-c3cccc4c3nc(-c3cc5oc6c7ccccc7ccc6c5cc3O)n4-c3c(C(C)C)cc(C(C)(C)C)cc3C(C)C)ccc2)c1.[Pt]. The Morgan fingerprint density at radius 2 is 1.25 bits per heavy atom. The molecule has 7 aromatic carbocycles. The number of phenolic OH excluding ortho intramolecular Hbond substituents is 1. The molecule has 10 aromatic rings. The summed E-state index contributed by atoms with van der Waals surface area (Å²) in [6.07, 6.45) is 1.93. The summed E-state index contributed by atoms with van der Waals surface area (Å²) in [6, 6.07) is 48.7. The van der Waals surface area contributed by atoms with Crippen LogP contribution in [0.5, 0.6) is 5.75 Å². The fourth-order valence-corrected chi connectivity index (χ4v) is 10.1. The van der Waals surface area contributed by atoms with Crippen LogP contribution < -0.4 is 0 Å². The summed E-state index contributed by atoms with van der Waals surface area (Å²) in [4.78, 5) is 10.5. The van der Waals surface area contributed by atoms with Crippen LogP contribution in [-0.2, 0) is 26.5 Å². The molecule has 346 valence electrons. The van der Waals surface area contributed by atoms with E-state index < -0.39 is 0 Å². The zero-order chi connectivity index (χ0) is 47.1. The van der Waals surface area contributed by atoms with Gasteiger partial charge in [-0.2, -0.15) is 0 Å². The van der Waals surface area contributed by atoms with Gasteiger partial charge >= 0.3 is 0 Å². The van der Waals surface area contributed by atoms with Crippen LogP contribution in [0.3, 0.4) is 0 Å². The fraction of sp³-hybridized carbons (Fsp3) is 0.258. The maximum absolute atomic E-state index is 12.3. The molecule has 0 spiro atoms. The summed E-state index contributed by atoms with van der Waals surface area (Å²) in [5, 5.41) is 16.3. The smallest absolute Gasteiger partial charge is 0.148 e. The predicted molar refractivity (Wildman–Crippen MR) is 281 cm³/mol. The largest absolute Gasteiger partial charge is 0.507 e. The summed E-state index contributed by atoms with van der Waals surface area (Å²) < 4.78 is 9.05. The molecule has 0 fully saturated rings. The van der Waals surface area contributed by atoms with Gasteiger partial charge in [0.2, 0.25) is 0 Å². The molecule has 0 bridgehead atoms. The zero-order valence-corrected chi connectivity index (χ0v) is 43.3. The van der Waals surface area contributed by atoms with Gasteiger partial charge in [0.1, 0.15) is 22.7 Å². The second kappa shape index (κ2) is 18.0. The Bertz CT molecular complexity index is 3490. The maximum atomic E-state index is 12.3. The van der Waals surface area contributed by atoms with Crippen LogP contribution >= 0.6 is 0 Å². The van der Waals surface area contributed by atoms with Gasteiger partial charge in [-0.15, -0.1) is 29.8 Å². The van der Waals surface area contributed by atoms with Gasteiger partial charge in [0.15, 0.2) is 0 Å². The van der Waals surface area contributed by atoms with E-state index in [0.717, 1.165) is 71.8 Å². The standard InChI is InChI=1S/C62H60N3O2.Pt/c1-35(2)44-21-15-22-45(36(3)4)57(44)42-27-28-63-53(30-42)41-19-14-18-40(29-41)46-23-16-24-54-58(46)64-61(65(54)59-49(37(5)6)31-43(62(9,10)11)32-50(59)38(7)8)52-34-56-51(33-55(52)66)48-26-25-39-17-12-13-20-47(39)60(48)67-56;/h12-28,30-38,66H,1-11H3;/q-1;. The first kappa shape index (κ1) is 46.8. The van der Waals surface area contributed by atoms with Gasteiger partial charge in [-0.1, -0.05) is 166 Å². The van der Waals surface area contributed by atoms with E-state index in [2.05, 4.69) is 190 Å². The minimum atomic E-state index is -0.0582. The van der Waals surface area contributed by atoms with E-state index in [-0.39, 0.29) is 44.1 Å². The van der Waals surface area contributed by atoms with E-state index in [4.69, 9.17) is 14.4 Å². The molecule has 0 amide bonds. The summed E-state index contributed by atoms with van der Waals surface area (Å²) in [6.45, 7) is 25.0. The third-order valence-electron chi connectivity index (χ3n) is 13.7. The molecular weight excluding hydrogens is 1010 g/mol. The summed E-state index contributed by atoms with van der Waals surface area (Å²) in [5.74, 6) is 1.93. The number of para-hydroxylation sites is 1. The molecule has 0 saturated carbocycles. The predicted octanol–water partition coefficient (Wildman–Crippen LogP) is 17.4. The molecule has 10 rings (SSSR count). The molecule has 0 aliphatic heterocycles. The molecule has 3 aromatic heterocycles. The Morgan fingerprint density at radius 1 is 0.603 bits per heavy atom. The molecule has 5 nitrogen and oxygen atoms in total. The molecule has 3 heterocycles. The third-order valence-corrected chi connectivity index (χ3v) is 13.7. The van der Waals surface area contributed by atoms with Gasteiger partial charge in [-0.05, 0) is 104 Å². The van der Waals surface area contributed by atoms with Crippen LogP contribution in [0.25, 0.3) is 94.3 Å². The molecule has 0 saturated heterocycles. The van der Waals surface area contributed by atoms with E-state index >= 15 is 0 Å². The van der Waals surface area contributed by atoms with Gasteiger partial charge in [0.25, 0.3) is 0 Å². The molecule has 1 N–H and O–H groups in total. The molecule has 0 unspecified atom stereocenters. The maximum Gasteiger partial charge on any atom is 0.148 e. The molecule has 0 radical (unpaired) electrons. The van der Waals surface area contributed by atoms with Crippen molar-refractivity contribution in [3.8, 4) is 56.3 Å². The first-order valence-electron chi connectivity index (χ1n) is 24.0. The third kappa shape index (κ3) is 8.07. The Labute approximate surface area is 415 Å². The number of nitrogens with zero attached hydrogens (tertiary/aromatic N) is 3. The Kier molecular flexibility index (Phi) is 12.4. The number of hydrogen-bond acceptors (Lipinski definition) is 4. The number of furan rings is 1. The molecular formula is C62H60N3O2Pt-. The monoisotopic (exact) mass is 1070 g/mol. The number of aromatic nitrogens is 3. The van der Waals surface area contributed by atoms with Crippen molar-refractivity contribution in [3.05, 3.63) is 167 Å². The summed E-state index contributed by atoms with van der Waals surface area (Å²) in [5.41, 5.74) is 17.4. The number of pyridine rings is 1. The molecule has 68 heavy (non-hydrogen) atoms. The van der Waals surface area contributed by atoms with Crippen molar-refractivity contribution in [1.29, 1.82) is 0 Å². The topological polar surface area (TPSA) is 64.1 Å². The average molecular weight is 1070 g/mol. The first-order chi connectivity index (χ1) is 32.1. The number of imidazole rings is 1. The molecule has 0 aliphatic rings. The fourth-order valence-electron chi connectivity index (χ4n) is 10.1. The Hall–Kier alpha value is -6.29. The quantitative estimate of drug-likeness (QED) is 0.146. The second-order valence-electron chi connectivity index (χ2n) is 20.7. The number of hydrogen-bond donors (Lipinski definition) is 1. The van der Waals surface area contributed by atoms with Crippen molar-refractivity contribution in [1.82, 2.24) is 14.5 Å². The van der Waals surface area contributed by atoms with Crippen LogP contribution in [-0.4, -0.2) is 19.6 Å². The number of benzene rings is 7. The van der Waals surface area contributed by atoms with Crippen molar-refractivity contribution in [2.24, 2.45) is 0 Å². The normalized spacial score (nSPS) is 12.2. The van der Waals surface area contributed by atoms with Crippen LogP contribution in [0.4, 0.5) is 0 Å². The van der Waals surface area contributed by atoms with E-state index in [1.165, 1.54) is 33.4 Å². The first-order valence-corrected chi connectivity index (χ1v) is 24.0. The van der Waals surface area contributed by atoms with Gasteiger partial charge in [-0.25, -0.2) is 4.98 Å². The van der Waals surface area contributed by atoms with Crippen LogP contribution in [0.15, 0.2) is 138 Å². The number of aromatic hydroxyl groups is 1. The zero-order valence-electron chi connectivity index (χ0n) is 41.0. The Morgan fingerprint density at radius 3 is 1.93 bits per heavy atom. The van der Waals surface area contributed by atoms with Gasteiger partial charge in [0, 0.05) is 49.1 Å². The van der Waals surface area contributed by atoms with Crippen molar-refractivity contribution < 1.29 is 30.6 Å². The Balaban J connectivity index is 0.00000578. The van der Waals surface area contributed by atoms with Crippen LogP contribution in [0.2, 0.25) is 0 Å². The molecule has 0 atom stereocenters. The van der Waals surface area contributed by atoms with Crippen molar-refractivity contribution in [2.75, 3.05) is 0 Å². The van der Waals surface area contributed by atoms with Crippen molar-refractivity contribution >= 4 is 43.7 Å². The van der Waals surface area contributed by atoms with Crippen LogP contribution in [0, 0.1) is 6.07 Å².